The summed E-state index contributed by atoms with van der Waals surface area (Å²) in [5.74, 6) is -0.212. The second kappa shape index (κ2) is 14.1. The first-order valence-electron chi connectivity index (χ1n) is 13.5. The molecule has 1 aliphatic carbocycles. The van der Waals surface area contributed by atoms with E-state index >= 15 is 0 Å². The summed E-state index contributed by atoms with van der Waals surface area (Å²) in [6, 6.07) is 8.93. The van der Waals surface area contributed by atoms with E-state index in [0.29, 0.717) is 33.9 Å². The van der Waals surface area contributed by atoms with Gasteiger partial charge in [0, 0.05) is 35.6 Å². The number of nitrogens with zero attached hydrogens (tertiary/aromatic N) is 2. The van der Waals surface area contributed by atoms with Crippen molar-refractivity contribution in [1.29, 1.82) is 0 Å². The molecule has 2 heterocycles. The zero-order valence-corrected chi connectivity index (χ0v) is 28.0. The lowest BCUT2D eigenvalue weighted by Crippen LogP contribution is -2.40. The van der Waals surface area contributed by atoms with Crippen LogP contribution in [0.25, 0.3) is 0 Å². The fourth-order valence-corrected chi connectivity index (χ4v) is 8.65. The second-order valence-corrected chi connectivity index (χ2v) is 15.0. The maximum Gasteiger partial charge on any atom is 0.387 e. The van der Waals surface area contributed by atoms with Crippen molar-refractivity contribution in [1.82, 2.24) is 9.29 Å². The van der Waals surface area contributed by atoms with Crippen LogP contribution in [0.3, 0.4) is 0 Å². The molecular weight excluding hydrogens is 725 g/mol. The molecule has 2 unspecified atom stereocenters. The highest BCUT2D eigenvalue weighted by molar-refractivity contribution is 9.10. The number of halogens is 5. The molecule has 1 saturated heterocycles. The van der Waals surface area contributed by atoms with Crippen LogP contribution >= 0.6 is 50.9 Å². The van der Waals surface area contributed by atoms with E-state index in [-0.39, 0.29) is 39.4 Å². The van der Waals surface area contributed by atoms with Crippen molar-refractivity contribution in [2.24, 2.45) is 5.92 Å². The lowest BCUT2D eigenvalue weighted by molar-refractivity contribution is -0.150. The molecule has 0 N–H and O–H groups in total. The van der Waals surface area contributed by atoms with E-state index in [9.17, 15) is 22.0 Å². The predicted octanol–water partition coefficient (Wildman–Crippen LogP) is 7.44. The largest absolute Gasteiger partial charge is 0.489 e. The lowest BCUT2D eigenvalue weighted by atomic mass is 10.0. The molecule has 0 bridgehead atoms. The second-order valence-electron chi connectivity index (χ2n) is 10.3. The van der Waals surface area contributed by atoms with Crippen LogP contribution in [0.2, 0.25) is 10.0 Å². The number of ether oxygens (including phenoxy) is 3. The quantitative estimate of drug-likeness (QED) is 0.176. The Morgan fingerprint density at radius 3 is 2.52 bits per heavy atom. The van der Waals surface area contributed by atoms with E-state index in [0.717, 1.165) is 34.5 Å². The van der Waals surface area contributed by atoms with Gasteiger partial charge in [0.25, 0.3) is 0 Å². The van der Waals surface area contributed by atoms with Crippen LogP contribution in [0.15, 0.2) is 58.2 Å². The van der Waals surface area contributed by atoms with Gasteiger partial charge in [0.15, 0.2) is 16.9 Å². The van der Waals surface area contributed by atoms with Gasteiger partial charge in [-0.3, -0.25) is 4.98 Å². The fourth-order valence-electron chi connectivity index (χ4n) is 4.52. The lowest BCUT2D eigenvalue weighted by Gasteiger charge is -2.26. The molecule has 1 aliphatic heterocycles. The number of sulfonamides is 1. The minimum absolute atomic E-state index is 0.0158. The van der Waals surface area contributed by atoms with E-state index < -0.39 is 34.1 Å². The summed E-state index contributed by atoms with van der Waals surface area (Å²) in [6.45, 7) is -0.823. The van der Waals surface area contributed by atoms with Crippen LogP contribution in [0.1, 0.15) is 35.6 Å². The fraction of sp³-hybridized carbons (Fsp3) is 0.379. The number of hydrogen-bond acceptors (Lipinski definition) is 8. The molecule has 1 saturated carbocycles. The Morgan fingerprint density at radius 2 is 1.86 bits per heavy atom. The van der Waals surface area contributed by atoms with Crippen molar-refractivity contribution in [2.75, 3.05) is 18.9 Å². The molecule has 3 aromatic rings. The summed E-state index contributed by atoms with van der Waals surface area (Å²) in [6.07, 6.45) is 3.67. The minimum Gasteiger partial charge on any atom is -0.489 e. The Morgan fingerprint density at radius 1 is 1.14 bits per heavy atom. The van der Waals surface area contributed by atoms with Crippen LogP contribution in [0.4, 0.5) is 8.78 Å². The zero-order valence-electron chi connectivity index (χ0n) is 23.2. The van der Waals surface area contributed by atoms with Gasteiger partial charge in [0.05, 0.1) is 21.5 Å². The molecule has 15 heteroatoms. The normalized spacial score (nSPS) is 17.9. The Balaban J connectivity index is 1.46. The van der Waals surface area contributed by atoms with Crippen molar-refractivity contribution in [3.63, 3.8) is 0 Å². The molecular formula is C29H27BrCl2F2N2O6S2. The number of hydrogen-bond donors (Lipinski definition) is 0. The molecule has 44 heavy (non-hydrogen) atoms. The number of benzene rings is 2. The van der Waals surface area contributed by atoms with E-state index in [1.165, 1.54) is 42.7 Å². The summed E-state index contributed by atoms with van der Waals surface area (Å²) in [7, 11) is -4.05. The van der Waals surface area contributed by atoms with Crippen LogP contribution in [-0.2, 0) is 26.0 Å². The van der Waals surface area contributed by atoms with Crippen molar-refractivity contribution in [2.45, 2.75) is 49.2 Å². The molecule has 2 atom stereocenters. The van der Waals surface area contributed by atoms with Crippen LogP contribution in [0.5, 0.6) is 11.5 Å². The van der Waals surface area contributed by atoms with Gasteiger partial charge < -0.3 is 14.2 Å². The van der Waals surface area contributed by atoms with Gasteiger partial charge in [0.2, 0.25) is 10.0 Å². The van der Waals surface area contributed by atoms with Gasteiger partial charge in [-0.25, -0.2) is 13.2 Å². The molecule has 1 aromatic heterocycles. The molecule has 236 valence electrons. The number of aryl methyl sites for hydroxylation is 1. The van der Waals surface area contributed by atoms with E-state index in [2.05, 4.69) is 25.7 Å². The van der Waals surface area contributed by atoms with Gasteiger partial charge in [0.1, 0.15) is 6.10 Å². The summed E-state index contributed by atoms with van der Waals surface area (Å²) in [4.78, 5) is 17.7. The summed E-state index contributed by atoms with van der Waals surface area (Å²) < 4.78 is 71.7. The van der Waals surface area contributed by atoms with Gasteiger partial charge in [-0.05, 0) is 66.6 Å². The summed E-state index contributed by atoms with van der Waals surface area (Å²) >= 11 is 17.3. The molecule has 5 rings (SSSR count). The van der Waals surface area contributed by atoms with Gasteiger partial charge in [-0.15, -0.1) is 11.8 Å². The monoisotopic (exact) mass is 750 g/mol. The maximum atomic E-state index is 13.7. The summed E-state index contributed by atoms with van der Waals surface area (Å²) in [5.41, 5.74) is 1.68. The molecule has 2 aliphatic rings. The van der Waals surface area contributed by atoms with Crippen molar-refractivity contribution >= 4 is 66.9 Å². The van der Waals surface area contributed by atoms with E-state index in [1.807, 2.05) is 6.92 Å². The predicted molar refractivity (Wildman–Crippen MR) is 167 cm³/mol. The molecule has 0 spiro atoms. The highest BCUT2D eigenvalue weighted by Gasteiger charge is 2.42. The van der Waals surface area contributed by atoms with E-state index in [4.69, 9.17) is 32.7 Å². The standard InChI is InChI=1S/C29H27BrCl2F2N2O6S2/c1-16-2-6-19(11-21(16)30)44(38,39)36-8-9-43-27(36)28(37)41-25(12-20-22(31)13-35-14-23(20)32)18-5-7-24(42-29(33)34)26(10-18)40-15-17-3-4-17/h2,5-7,10-11,13-14,17,25,27,29H,3-4,8-9,12,15H2,1H3. The average molecular weight is 752 g/mol. The SMILES string of the molecule is Cc1ccc(S(=O)(=O)N2CCSC2C(=O)OC(Cc2c(Cl)cncc2Cl)c2ccc(OC(F)F)c(OCC3CC3)c2)cc1Br. The first-order valence-corrected chi connectivity index (χ1v) is 17.6. The number of carbonyl (C=O) groups excluding carboxylic acids is 1. The third kappa shape index (κ3) is 7.79. The van der Waals surface area contributed by atoms with E-state index in [1.54, 1.807) is 6.07 Å². The first-order chi connectivity index (χ1) is 20.9. The molecule has 2 fully saturated rings. The average Bonchev–Trinajstić information content (AvgIpc) is 3.66. The van der Waals surface area contributed by atoms with Gasteiger partial charge >= 0.3 is 12.6 Å². The first kappa shape index (κ1) is 33.2. The Hall–Kier alpha value is -2.16. The number of rotatable bonds is 12. The molecule has 0 radical (unpaired) electrons. The smallest absolute Gasteiger partial charge is 0.387 e. The Labute approximate surface area is 276 Å². The molecule has 8 nitrogen and oxygen atoms in total. The van der Waals surface area contributed by atoms with Gasteiger partial charge in [-0.2, -0.15) is 13.1 Å². The third-order valence-corrected chi connectivity index (χ3v) is 11.8. The number of aromatic nitrogens is 1. The Bertz CT molecular complexity index is 1630. The van der Waals surface area contributed by atoms with Gasteiger partial charge in [-0.1, -0.05) is 51.3 Å². The van der Waals surface area contributed by atoms with Crippen LogP contribution < -0.4 is 9.47 Å². The number of thioether (sulfide) groups is 1. The molecule has 2 aromatic carbocycles. The summed E-state index contributed by atoms with van der Waals surface area (Å²) in [5, 5.41) is -0.713. The van der Waals surface area contributed by atoms with Crippen LogP contribution in [0, 0.1) is 12.8 Å². The number of alkyl halides is 2. The highest BCUT2D eigenvalue weighted by Crippen LogP contribution is 2.39. The van der Waals surface area contributed by atoms with Crippen molar-refractivity contribution in [3.8, 4) is 11.5 Å². The Kier molecular flexibility index (Phi) is 10.6. The maximum absolute atomic E-state index is 13.7. The van der Waals surface area contributed by atoms with Crippen molar-refractivity contribution < 1.29 is 36.2 Å². The van der Waals surface area contributed by atoms with Crippen molar-refractivity contribution in [3.05, 3.63) is 80.0 Å². The minimum atomic E-state index is -4.05. The van der Waals surface area contributed by atoms with Crippen LogP contribution in [-0.4, -0.2) is 54.6 Å². The third-order valence-electron chi connectivity index (χ3n) is 7.13. The number of esters is 1. The number of pyridine rings is 1. The molecule has 0 amide bonds. The zero-order chi connectivity index (χ0) is 31.6. The highest BCUT2D eigenvalue weighted by atomic mass is 79.9. The topological polar surface area (TPSA) is 95.0 Å². The number of carbonyl (C=O) groups is 1.